The molecule has 2 saturated carbocycles. The molecule has 0 bridgehead atoms. The van der Waals surface area contributed by atoms with Gasteiger partial charge in [-0.1, -0.05) is 35.9 Å². The maximum absolute atomic E-state index is 14.0. The number of anilines is 2. The van der Waals surface area contributed by atoms with Gasteiger partial charge in [-0.15, -0.1) is 11.3 Å². The van der Waals surface area contributed by atoms with Gasteiger partial charge in [0.2, 0.25) is 11.8 Å². The molecule has 10 rings (SSSR count). The van der Waals surface area contributed by atoms with Crippen LogP contribution in [0.5, 0.6) is 5.75 Å². The second-order valence-electron chi connectivity index (χ2n) is 21.4. The molecule has 0 radical (unpaired) electrons. The summed E-state index contributed by atoms with van der Waals surface area (Å²) in [5.41, 5.74) is 7.02. The van der Waals surface area contributed by atoms with E-state index in [2.05, 4.69) is 80.5 Å². The molecule has 1 atom stereocenters. The van der Waals surface area contributed by atoms with Gasteiger partial charge in [0.05, 0.1) is 29.4 Å². The summed E-state index contributed by atoms with van der Waals surface area (Å²) in [7, 11) is 3.72. The van der Waals surface area contributed by atoms with E-state index in [0.29, 0.717) is 33.9 Å². The Hall–Kier alpha value is -5.61. The molecule has 5 aromatic rings. The average molecular weight is 1030 g/mol. The van der Waals surface area contributed by atoms with Crippen LogP contribution < -0.4 is 25.6 Å². The van der Waals surface area contributed by atoms with Crippen molar-refractivity contribution >= 4 is 69.1 Å². The van der Waals surface area contributed by atoms with Crippen molar-refractivity contribution in [1.29, 1.82) is 0 Å². The Morgan fingerprint density at radius 3 is 2.37 bits per heavy atom. The number of carbonyl (C=O) groups excluding carboxylic acids is 4. The molecule has 5 fully saturated rings. The fourth-order valence-corrected chi connectivity index (χ4v) is 13.6. The molecule has 0 unspecified atom stereocenters. The number of halogens is 1. The van der Waals surface area contributed by atoms with E-state index in [1.54, 1.807) is 36.6 Å². The first kappa shape index (κ1) is 50.9. The first-order valence-electron chi connectivity index (χ1n) is 26.5. The highest BCUT2D eigenvalue weighted by molar-refractivity contribution is 7.10. The van der Waals surface area contributed by atoms with Gasteiger partial charge in [-0.2, -0.15) is 0 Å². The molecular weight excluding hydrogens is 958 g/mol. The topological polar surface area (TPSA) is 152 Å². The standard InChI is InChI=1S/C57H70ClN9O5S/c1-36(51-30-43(35-73-51)44-8-6-5-7-42(44)33-59-3)60-53-46-31-45(50(72-4)32-48(46)61-37(2)62-53)39-9-11-40(12-10-39)54(69)66-27-25-64(26-28-66)34-38-15-18-57(19-16-38)20-23-65(24-21-57)55(70)41-13-14-47(58)49(29-41)67-22-17-52(68)63-56(67)71/h5-8,13-14,29-32,35-36,38-40,59H,9-12,15-28,33-34H2,1-4H3,(H,60,61,62)(H,63,68,71)/t36-,39?,40?/m1/s1. The number of nitrogens with one attached hydrogen (secondary N) is 3. The molecule has 3 saturated heterocycles. The second-order valence-corrected chi connectivity index (χ2v) is 22.7. The van der Waals surface area contributed by atoms with Gasteiger partial charge in [0.25, 0.3) is 5.91 Å². The molecule has 2 aliphatic carbocycles. The SMILES string of the molecule is CNCc1ccccc1-c1csc([C@@H](C)Nc2nc(C)nc3cc(OC)c(C4CCC(C(=O)N5CCN(CC6CCC7(CC6)CCN(C(=O)c6ccc(Cl)c(N8CCC(=O)NC8=O)c6)CC7)CC5)CC4)cc23)c1. The number of thiophene rings is 1. The third kappa shape index (κ3) is 11.1. The lowest BCUT2D eigenvalue weighted by molar-refractivity contribution is -0.138. The summed E-state index contributed by atoms with van der Waals surface area (Å²) >= 11 is 8.23. The van der Waals surface area contributed by atoms with Crippen LogP contribution in [-0.2, 0) is 16.1 Å². The number of amides is 5. The quantitative estimate of drug-likeness (QED) is 0.104. The minimum absolute atomic E-state index is 0.0339. The first-order chi connectivity index (χ1) is 35.4. The Morgan fingerprint density at radius 2 is 1.64 bits per heavy atom. The van der Waals surface area contributed by atoms with Crippen LogP contribution in [-0.4, -0.2) is 115 Å². The van der Waals surface area contributed by atoms with Crippen molar-refractivity contribution in [2.75, 3.05) is 76.7 Å². The van der Waals surface area contributed by atoms with Gasteiger partial charge in [0, 0.05) is 93.1 Å². The number of hydrogen-bond acceptors (Lipinski definition) is 11. The van der Waals surface area contributed by atoms with Crippen LogP contribution in [0.2, 0.25) is 5.02 Å². The smallest absolute Gasteiger partial charge is 0.328 e. The number of piperidine rings is 1. The van der Waals surface area contributed by atoms with E-state index in [1.165, 1.54) is 57.7 Å². The highest BCUT2D eigenvalue weighted by atomic mass is 35.5. The van der Waals surface area contributed by atoms with Gasteiger partial charge in [0.15, 0.2) is 0 Å². The number of rotatable bonds is 13. The number of piperazine rings is 1. The fourth-order valence-electron chi connectivity index (χ4n) is 12.5. The van der Waals surface area contributed by atoms with Crippen molar-refractivity contribution in [3.05, 3.63) is 98.5 Å². The van der Waals surface area contributed by atoms with Gasteiger partial charge in [-0.3, -0.25) is 29.5 Å². The monoisotopic (exact) mass is 1030 g/mol. The number of likely N-dealkylation sites (tertiary alicyclic amines) is 1. The molecule has 2 aromatic heterocycles. The van der Waals surface area contributed by atoms with Crippen molar-refractivity contribution in [1.82, 2.24) is 35.3 Å². The summed E-state index contributed by atoms with van der Waals surface area (Å²) in [6, 6.07) is 19.8. The van der Waals surface area contributed by atoms with Crippen molar-refractivity contribution in [2.45, 2.75) is 103 Å². The Kier molecular flexibility index (Phi) is 15.4. The van der Waals surface area contributed by atoms with E-state index in [9.17, 15) is 19.2 Å². The molecule has 3 aromatic carbocycles. The minimum Gasteiger partial charge on any atom is -0.496 e. The molecule has 3 N–H and O–H groups in total. The van der Waals surface area contributed by atoms with Crippen molar-refractivity contribution in [3.63, 3.8) is 0 Å². The normalized spacial score (nSPS) is 21.4. The van der Waals surface area contributed by atoms with Crippen LogP contribution in [0.15, 0.2) is 66.0 Å². The summed E-state index contributed by atoms with van der Waals surface area (Å²) in [6.07, 6.45) is 10.6. The number of carbonyl (C=O) groups is 4. The lowest BCUT2D eigenvalue weighted by Gasteiger charge is -2.47. The van der Waals surface area contributed by atoms with Crippen LogP contribution in [0.25, 0.3) is 22.0 Å². The van der Waals surface area contributed by atoms with E-state index in [4.69, 9.17) is 26.3 Å². The molecule has 73 heavy (non-hydrogen) atoms. The highest BCUT2D eigenvalue weighted by Crippen LogP contribution is 2.47. The number of methoxy groups -OCH3 is 1. The summed E-state index contributed by atoms with van der Waals surface area (Å²) < 4.78 is 6.03. The second kappa shape index (κ2) is 22.1. The van der Waals surface area contributed by atoms with E-state index >= 15 is 0 Å². The van der Waals surface area contributed by atoms with Crippen LogP contribution in [0.1, 0.15) is 122 Å². The third-order valence-electron chi connectivity index (χ3n) is 16.8. The lowest BCUT2D eigenvalue weighted by Crippen LogP contribution is -2.52. The molecular formula is C57H70ClN9O5S. The Morgan fingerprint density at radius 1 is 0.890 bits per heavy atom. The van der Waals surface area contributed by atoms with Crippen LogP contribution in [0.4, 0.5) is 16.3 Å². The van der Waals surface area contributed by atoms with E-state index in [1.807, 2.05) is 18.9 Å². The number of benzene rings is 3. The summed E-state index contributed by atoms with van der Waals surface area (Å²) in [5, 5.41) is 13.0. The lowest BCUT2D eigenvalue weighted by atomic mass is 9.65. The number of nitrogens with zero attached hydrogens (tertiary/aromatic N) is 6. The molecule has 3 aliphatic heterocycles. The molecule has 1 spiro atoms. The number of aryl methyl sites for hydroxylation is 1. The minimum atomic E-state index is -0.520. The van der Waals surface area contributed by atoms with E-state index in [-0.39, 0.29) is 48.1 Å². The number of aromatic nitrogens is 2. The van der Waals surface area contributed by atoms with Crippen LogP contribution in [0, 0.1) is 24.2 Å². The number of hydrogen-bond donors (Lipinski definition) is 3. The van der Waals surface area contributed by atoms with Gasteiger partial charge < -0.3 is 25.2 Å². The fraction of sp³-hybridized carbons (Fsp3) is 0.509. The Bertz CT molecular complexity index is 2840. The predicted octanol–water partition coefficient (Wildman–Crippen LogP) is 10.2. The molecule has 386 valence electrons. The molecule has 5 heterocycles. The first-order valence-corrected chi connectivity index (χ1v) is 27.8. The molecule has 16 heteroatoms. The highest BCUT2D eigenvalue weighted by Gasteiger charge is 2.40. The van der Waals surface area contributed by atoms with Crippen LogP contribution in [0.3, 0.4) is 0 Å². The summed E-state index contributed by atoms with van der Waals surface area (Å²) in [5.74, 6) is 3.33. The predicted molar refractivity (Wildman–Crippen MR) is 290 cm³/mol. The zero-order chi connectivity index (χ0) is 50.8. The molecule has 5 aliphatic rings. The maximum Gasteiger partial charge on any atom is 0.328 e. The van der Waals surface area contributed by atoms with Crippen LogP contribution >= 0.6 is 22.9 Å². The largest absolute Gasteiger partial charge is 0.496 e. The average Bonchev–Trinajstić information content (AvgIpc) is 3.91. The van der Waals surface area contributed by atoms with Gasteiger partial charge in [-0.05, 0) is 160 Å². The zero-order valence-electron chi connectivity index (χ0n) is 42.8. The Labute approximate surface area is 438 Å². The van der Waals surface area contributed by atoms with Crippen molar-refractivity contribution < 1.29 is 23.9 Å². The number of fused-ring (bicyclic) bond motifs is 1. The zero-order valence-corrected chi connectivity index (χ0v) is 44.4. The molecule has 5 amide bonds. The van der Waals surface area contributed by atoms with Crippen molar-refractivity contribution in [3.8, 4) is 16.9 Å². The number of urea groups is 1. The Balaban J connectivity index is 0.684. The van der Waals surface area contributed by atoms with Gasteiger partial charge >= 0.3 is 6.03 Å². The van der Waals surface area contributed by atoms with Crippen molar-refractivity contribution in [2.24, 2.45) is 17.3 Å². The molecule has 14 nitrogen and oxygen atoms in total. The summed E-state index contributed by atoms with van der Waals surface area (Å²) in [4.78, 5) is 71.1. The van der Waals surface area contributed by atoms with Gasteiger partial charge in [-0.25, -0.2) is 14.8 Å². The maximum atomic E-state index is 14.0. The van der Waals surface area contributed by atoms with E-state index < -0.39 is 6.03 Å². The summed E-state index contributed by atoms with van der Waals surface area (Å²) in [6.45, 7) is 11.1. The number of imide groups is 1. The third-order valence-corrected chi connectivity index (χ3v) is 18.2. The number of ether oxygens (including phenoxy) is 1. The van der Waals surface area contributed by atoms with Gasteiger partial charge in [0.1, 0.15) is 17.4 Å². The van der Waals surface area contributed by atoms with E-state index in [0.717, 1.165) is 113 Å².